The second kappa shape index (κ2) is 8.39. The number of nitro groups is 1. The number of carbonyl (C=O) groups is 1. The lowest BCUT2D eigenvalue weighted by molar-refractivity contribution is -0.384. The number of benzene rings is 1. The van der Waals surface area contributed by atoms with Crippen LogP contribution in [0.15, 0.2) is 48.7 Å². The van der Waals surface area contributed by atoms with Crippen molar-refractivity contribution in [2.45, 2.75) is 6.42 Å². The molecule has 0 amide bonds. The predicted molar refractivity (Wildman–Crippen MR) is 75.1 cm³/mol. The molecule has 1 heterocycles. The summed E-state index contributed by atoms with van der Waals surface area (Å²) in [5, 5.41) is 27.1. The zero-order chi connectivity index (χ0) is 15.7. The number of aromatic carboxylic acids is 1. The summed E-state index contributed by atoms with van der Waals surface area (Å²) in [6.07, 6.45) is 2.38. The van der Waals surface area contributed by atoms with Crippen molar-refractivity contribution in [2.75, 3.05) is 6.61 Å². The number of aliphatic hydroxyl groups excluding tert-OH is 1. The van der Waals surface area contributed by atoms with Crippen LogP contribution in [0.3, 0.4) is 0 Å². The smallest absolute Gasteiger partial charge is 0.335 e. The van der Waals surface area contributed by atoms with Crippen molar-refractivity contribution >= 4 is 11.7 Å². The fraction of sp³-hybridized carbons (Fsp3) is 0.143. The number of nitrogens with zero attached hydrogens (tertiary/aromatic N) is 2. The molecule has 0 aliphatic rings. The highest BCUT2D eigenvalue weighted by Crippen LogP contribution is 2.12. The van der Waals surface area contributed by atoms with Gasteiger partial charge in [-0.25, -0.2) is 4.79 Å². The summed E-state index contributed by atoms with van der Waals surface area (Å²) in [5.41, 5.74) is 0.652. The van der Waals surface area contributed by atoms with Crippen molar-refractivity contribution in [1.82, 2.24) is 4.98 Å². The molecule has 110 valence electrons. The van der Waals surface area contributed by atoms with Crippen LogP contribution < -0.4 is 0 Å². The molecule has 0 unspecified atom stereocenters. The number of carboxylic acid groups (broad SMARTS) is 1. The van der Waals surface area contributed by atoms with Gasteiger partial charge in [0.05, 0.1) is 10.5 Å². The minimum atomic E-state index is -1.17. The zero-order valence-corrected chi connectivity index (χ0v) is 11.0. The third-order valence-electron chi connectivity index (χ3n) is 2.40. The first-order chi connectivity index (χ1) is 10.0. The largest absolute Gasteiger partial charge is 0.478 e. The summed E-state index contributed by atoms with van der Waals surface area (Å²) in [4.78, 5) is 23.9. The number of carboxylic acids is 1. The number of aliphatic hydroxyl groups is 1. The molecule has 0 saturated heterocycles. The van der Waals surface area contributed by atoms with E-state index in [1.54, 1.807) is 6.20 Å². The number of rotatable bonds is 4. The Bertz CT molecular complexity index is 572. The molecular formula is C14H14N2O5. The van der Waals surface area contributed by atoms with Gasteiger partial charge in [0.2, 0.25) is 0 Å². The molecule has 2 rings (SSSR count). The number of hydrogen-bond donors (Lipinski definition) is 2. The van der Waals surface area contributed by atoms with Gasteiger partial charge in [-0.3, -0.25) is 15.1 Å². The molecule has 2 aromatic rings. The highest BCUT2D eigenvalue weighted by Gasteiger charge is 2.09. The molecule has 0 atom stereocenters. The lowest BCUT2D eigenvalue weighted by atomic mass is 10.2. The van der Waals surface area contributed by atoms with Gasteiger partial charge in [-0.05, 0) is 18.2 Å². The molecule has 1 aromatic carbocycles. The highest BCUT2D eigenvalue weighted by atomic mass is 16.6. The third kappa shape index (κ3) is 5.79. The predicted octanol–water partition coefficient (Wildman–Crippen LogP) is 1.91. The monoisotopic (exact) mass is 290 g/mol. The molecule has 2 N–H and O–H groups in total. The van der Waals surface area contributed by atoms with Gasteiger partial charge in [0, 0.05) is 37.1 Å². The minimum absolute atomic E-state index is 0.0794. The van der Waals surface area contributed by atoms with E-state index in [0.717, 1.165) is 11.8 Å². The molecular weight excluding hydrogens is 276 g/mol. The number of pyridine rings is 1. The fourth-order valence-corrected chi connectivity index (χ4v) is 1.41. The summed E-state index contributed by atoms with van der Waals surface area (Å²) >= 11 is 0. The SMILES string of the molecule is O=C(O)c1cccc([N+](=O)[O-])c1.OCCc1ccccn1. The second-order valence-electron chi connectivity index (χ2n) is 3.91. The summed E-state index contributed by atoms with van der Waals surface area (Å²) in [6.45, 7) is 0.178. The molecule has 7 nitrogen and oxygen atoms in total. The van der Waals surface area contributed by atoms with E-state index in [-0.39, 0.29) is 17.9 Å². The molecule has 21 heavy (non-hydrogen) atoms. The van der Waals surface area contributed by atoms with Crippen LogP contribution in [-0.4, -0.2) is 32.7 Å². The molecule has 0 aliphatic carbocycles. The Hall–Kier alpha value is -2.80. The molecule has 0 fully saturated rings. The van der Waals surface area contributed by atoms with E-state index in [0.29, 0.717) is 6.42 Å². The van der Waals surface area contributed by atoms with Gasteiger partial charge >= 0.3 is 5.97 Å². The Morgan fingerprint density at radius 2 is 2.00 bits per heavy atom. The topological polar surface area (TPSA) is 114 Å². The van der Waals surface area contributed by atoms with Crippen molar-refractivity contribution < 1.29 is 19.9 Å². The molecule has 1 aromatic heterocycles. The highest BCUT2D eigenvalue weighted by molar-refractivity contribution is 5.88. The van der Waals surface area contributed by atoms with Crippen LogP contribution >= 0.6 is 0 Å². The van der Waals surface area contributed by atoms with Crippen LogP contribution in [-0.2, 0) is 6.42 Å². The van der Waals surface area contributed by atoms with E-state index in [9.17, 15) is 14.9 Å². The van der Waals surface area contributed by atoms with Gasteiger partial charge in [0.1, 0.15) is 0 Å². The number of aromatic nitrogens is 1. The average Bonchev–Trinajstić information content (AvgIpc) is 2.49. The average molecular weight is 290 g/mol. The van der Waals surface area contributed by atoms with Crippen LogP contribution in [0, 0.1) is 10.1 Å². The van der Waals surface area contributed by atoms with Crippen molar-refractivity contribution in [3.63, 3.8) is 0 Å². The van der Waals surface area contributed by atoms with E-state index < -0.39 is 10.9 Å². The van der Waals surface area contributed by atoms with Gasteiger partial charge in [-0.15, -0.1) is 0 Å². The molecule has 0 spiro atoms. The van der Waals surface area contributed by atoms with Crippen LogP contribution in [0.25, 0.3) is 0 Å². The van der Waals surface area contributed by atoms with E-state index in [4.69, 9.17) is 10.2 Å². The maximum absolute atomic E-state index is 10.4. The van der Waals surface area contributed by atoms with E-state index in [1.165, 1.54) is 18.2 Å². The molecule has 0 aliphatic heterocycles. The van der Waals surface area contributed by atoms with Gasteiger partial charge < -0.3 is 10.2 Å². The summed E-state index contributed by atoms with van der Waals surface area (Å²) in [5.74, 6) is -1.17. The summed E-state index contributed by atoms with van der Waals surface area (Å²) in [7, 11) is 0. The fourth-order valence-electron chi connectivity index (χ4n) is 1.41. The van der Waals surface area contributed by atoms with Gasteiger partial charge in [-0.2, -0.15) is 0 Å². The van der Waals surface area contributed by atoms with Crippen LogP contribution in [0.1, 0.15) is 16.1 Å². The van der Waals surface area contributed by atoms with Crippen molar-refractivity contribution in [3.05, 3.63) is 70.0 Å². The number of hydrogen-bond acceptors (Lipinski definition) is 5. The van der Waals surface area contributed by atoms with E-state index in [2.05, 4.69) is 4.98 Å². The first kappa shape index (κ1) is 16.3. The minimum Gasteiger partial charge on any atom is -0.478 e. The number of nitro benzene ring substituents is 1. The standard InChI is InChI=1S/C7H5NO4.C7H9NO/c9-7(10)5-2-1-3-6(4-5)8(11)12;9-6-4-7-3-1-2-5-8-7/h1-4H,(H,9,10);1-3,5,9H,4,6H2. The van der Waals surface area contributed by atoms with E-state index in [1.807, 2.05) is 18.2 Å². The summed E-state index contributed by atoms with van der Waals surface area (Å²) < 4.78 is 0. The van der Waals surface area contributed by atoms with Gasteiger partial charge in [0.25, 0.3) is 5.69 Å². The Balaban J connectivity index is 0.000000219. The Labute approximate surface area is 120 Å². The zero-order valence-electron chi connectivity index (χ0n) is 11.0. The first-order valence-electron chi connectivity index (χ1n) is 6.03. The third-order valence-corrected chi connectivity index (χ3v) is 2.40. The quantitative estimate of drug-likeness (QED) is 0.656. The van der Waals surface area contributed by atoms with E-state index >= 15 is 0 Å². The Morgan fingerprint density at radius 3 is 2.52 bits per heavy atom. The lowest BCUT2D eigenvalue weighted by Crippen LogP contribution is -1.97. The second-order valence-corrected chi connectivity index (χ2v) is 3.91. The van der Waals surface area contributed by atoms with Crippen LogP contribution in [0.5, 0.6) is 0 Å². The molecule has 0 radical (unpaired) electrons. The van der Waals surface area contributed by atoms with Crippen LogP contribution in [0.4, 0.5) is 5.69 Å². The van der Waals surface area contributed by atoms with Gasteiger partial charge in [-0.1, -0.05) is 12.1 Å². The van der Waals surface area contributed by atoms with Gasteiger partial charge in [0.15, 0.2) is 0 Å². The molecule has 0 saturated carbocycles. The lowest BCUT2D eigenvalue weighted by Gasteiger charge is -1.92. The normalized spacial score (nSPS) is 9.38. The molecule has 0 bridgehead atoms. The van der Waals surface area contributed by atoms with Crippen LogP contribution in [0.2, 0.25) is 0 Å². The van der Waals surface area contributed by atoms with Crippen molar-refractivity contribution in [2.24, 2.45) is 0 Å². The Morgan fingerprint density at radius 1 is 1.24 bits per heavy atom. The first-order valence-corrected chi connectivity index (χ1v) is 6.03. The summed E-state index contributed by atoms with van der Waals surface area (Å²) in [6, 6.07) is 10.6. The Kier molecular flexibility index (Phi) is 6.49. The molecule has 7 heteroatoms. The van der Waals surface area contributed by atoms with Crippen molar-refractivity contribution in [3.8, 4) is 0 Å². The number of non-ortho nitro benzene ring substituents is 1. The maximum Gasteiger partial charge on any atom is 0.335 e. The van der Waals surface area contributed by atoms with Crippen molar-refractivity contribution in [1.29, 1.82) is 0 Å². The maximum atomic E-state index is 10.4.